The Morgan fingerprint density at radius 2 is 1.46 bits per heavy atom. The van der Waals surface area contributed by atoms with Crippen molar-refractivity contribution in [3.05, 3.63) is 34.7 Å². The van der Waals surface area contributed by atoms with Crippen LogP contribution in [0.1, 0.15) is 117 Å². The predicted molar refractivity (Wildman–Crippen MR) is 156 cm³/mol. The summed E-state index contributed by atoms with van der Waals surface area (Å²) >= 11 is 0. The van der Waals surface area contributed by atoms with Gasteiger partial charge in [-0.25, -0.2) is 4.79 Å². The van der Waals surface area contributed by atoms with E-state index in [1.165, 1.54) is 77.4 Å². The Bertz CT molecular complexity index is 1020. The molecule has 0 fully saturated rings. The second-order valence-electron chi connectivity index (χ2n) is 11.0. The molecule has 7 heteroatoms. The molecule has 0 bridgehead atoms. The van der Waals surface area contributed by atoms with Crippen molar-refractivity contribution in [1.29, 1.82) is 0 Å². The van der Waals surface area contributed by atoms with E-state index in [1.807, 2.05) is 0 Å². The Kier molecular flexibility index (Phi) is 15.0. The van der Waals surface area contributed by atoms with Gasteiger partial charge < -0.3 is 23.7 Å². The summed E-state index contributed by atoms with van der Waals surface area (Å²) in [5.41, 5.74) is -1.43. The fourth-order valence-corrected chi connectivity index (χ4v) is 4.72. The van der Waals surface area contributed by atoms with Gasteiger partial charge in [-0.1, -0.05) is 84.0 Å². The molecule has 0 aliphatic carbocycles. The van der Waals surface area contributed by atoms with E-state index < -0.39 is 17.3 Å². The molecule has 0 saturated heterocycles. The molecule has 1 aromatic carbocycles. The molecule has 0 amide bonds. The minimum atomic E-state index is -1.23. The summed E-state index contributed by atoms with van der Waals surface area (Å²) in [5, 5.41) is 11.3. The fraction of sp³-hybridized carbons (Fsp3) is 0.688. The number of rotatable bonds is 21. The third-order valence-electron chi connectivity index (χ3n) is 7.10. The fourth-order valence-electron chi connectivity index (χ4n) is 4.72. The number of carbonyl (C=O) groups excluding carboxylic acids is 1. The number of unbranched alkanes of at least 4 members (excludes halogenated alkanes) is 12. The zero-order valence-electron chi connectivity index (χ0n) is 24.6. The maximum atomic E-state index is 12.5. The van der Waals surface area contributed by atoms with Crippen molar-refractivity contribution in [2.45, 2.75) is 129 Å². The van der Waals surface area contributed by atoms with E-state index >= 15 is 0 Å². The zero-order valence-corrected chi connectivity index (χ0v) is 24.6. The summed E-state index contributed by atoms with van der Waals surface area (Å²) in [5.74, 6) is 0.426. The molecular weight excluding hydrogens is 496 g/mol. The Balaban J connectivity index is 1.69. The van der Waals surface area contributed by atoms with E-state index in [0.717, 1.165) is 19.3 Å². The molecule has 39 heavy (non-hydrogen) atoms. The highest BCUT2D eigenvalue weighted by Crippen LogP contribution is 2.35. The maximum absolute atomic E-state index is 12.5. The van der Waals surface area contributed by atoms with Crippen LogP contribution >= 0.6 is 0 Å². The highest BCUT2D eigenvalue weighted by molar-refractivity contribution is 5.85. The van der Waals surface area contributed by atoms with Crippen LogP contribution in [0.25, 0.3) is 11.0 Å². The van der Waals surface area contributed by atoms with Crippen molar-refractivity contribution in [2.75, 3.05) is 13.7 Å². The summed E-state index contributed by atoms with van der Waals surface area (Å²) in [6, 6.07) is 6.52. The van der Waals surface area contributed by atoms with Crippen molar-refractivity contribution in [2.24, 2.45) is 0 Å². The summed E-state index contributed by atoms with van der Waals surface area (Å²) in [6.07, 6.45) is 16.1. The standard InChI is InChI=1S/C32H50O7/c1-5-6-7-8-9-10-11-12-13-14-15-16-17-18-28(33)38-27(32(2,3)35)23-24-37-31-26(36-4)21-19-25-20-22-29(34)39-30(25)31/h19-22,27,35H,5-18,23-24H2,1-4H3. The molecule has 1 unspecified atom stereocenters. The minimum Gasteiger partial charge on any atom is -0.493 e. The monoisotopic (exact) mass is 546 g/mol. The highest BCUT2D eigenvalue weighted by Gasteiger charge is 2.30. The topological polar surface area (TPSA) is 95.2 Å². The molecule has 220 valence electrons. The summed E-state index contributed by atoms with van der Waals surface area (Å²) < 4.78 is 22.3. The first-order valence-corrected chi connectivity index (χ1v) is 14.9. The lowest BCUT2D eigenvalue weighted by Gasteiger charge is -2.29. The van der Waals surface area contributed by atoms with Gasteiger partial charge in [-0.2, -0.15) is 0 Å². The molecule has 0 radical (unpaired) electrons. The Morgan fingerprint density at radius 3 is 2.03 bits per heavy atom. The number of methoxy groups -OCH3 is 1. The van der Waals surface area contributed by atoms with Crippen molar-refractivity contribution < 1.29 is 28.5 Å². The number of benzene rings is 1. The molecule has 1 aromatic heterocycles. The molecule has 2 aromatic rings. The number of ether oxygens (including phenoxy) is 3. The third kappa shape index (κ3) is 12.5. The normalized spacial score (nSPS) is 12.4. The Hall–Kier alpha value is -2.54. The SMILES string of the molecule is CCCCCCCCCCCCCCCC(=O)OC(CCOc1c(OC)ccc2ccc(=O)oc12)C(C)(C)O. The van der Waals surface area contributed by atoms with E-state index in [0.29, 0.717) is 28.9 Å². The van der Waals surface area contributed by atoms with Crippen LogP contribution in [0, 0.1) is 0 Å². The van der Waals surface area contributed by atoms with Gasteiger partial charge in [0.05, 0.1) is 19.3 Å². The maximum Gasteiger partial charge on any atom is 0.336 e. The lowest BCUT2D eigenvalue weighted by molar-refractivity contribution is -0.163. The smallest absolute Gasteiger partial charge is 0.336 e. The van der Waals surface area contributed by atoms with Gasteiger partial charge in [0.25, 0.3) is 0 Å². The minimum absolute atomic E-state index is 0.134. The average Bonchev–Trinajstić information content (AvgIpc) is 2.90. The van der Waals surface area contributed by atoms with E-state index in [9.17, 15) is 14.7 Å². The summed E-state index contributed by atoms with van der Waals surface area (Å²) in [4.78, 5) is 24.3. The molecule has 1 N–H and O–H groups in total. The summed E-state index contributed by atoms with van der Waals surface area (Å²) in [7, 11) is 1.51. The first kappa shape index (κ1) is 32.7. The molecule has 0 spiro atoms. The number of fused-ring (bicyclic) bond motifs is 1. The second kappa shape index (κ2) is 17.9. The molecule has 0 aliphatic heterocycles. The van der Waals surface area contributed by atoms with Gasteiger partial charge in [0.15, 0.2) is 11.3 Å². The third-order valence-corrected chi connectivity index (χ3v) is 7.10. The molecule has 0 saturated carbocycles. The van der Waals surface area contributed by atoms with Crippen LogP contribution in [0.3, 0.4) is 0 Å². The van der Waals surface area contributed by atoms with Gasteiger partial charge >= 0.3 is 11.6 Å². The first-order valence-electron chi connectivity index (χ1n) is 14.9. The van der Waals surface area contributed by atoms with Crippen LogP contribution in [0.4, 0.5) is 0 Å². The number of aliphatic hydroxyl groups is 1. The van der Waals surface area contributed by atoms with Gasteiger partial charge in [-0.3, -0.25) is 4.79 Å². The van der Waals surface area contributed by atoms with Crippen LogP contribution in [-0.4, -0.2) is 36.5 Å². The van der Waals surface area contributed by atoms with Crippen LogP contribution in [0.15, 0.2) is 33.5 Å². The van der Waals surface area contributed by atoms with E-state index in [2.05, 4.69) is 6.92 Å². The van der Waals surface area contributed by atoms with E-state index in [1.54, 1.807) is 32.0 Å². The van der Waals surface area contributed by atoms with Crippen molar-refractivity contribution in [3.8, 4) is 11.5 Å². The Morgan fingerprint density at radius 1 is 0.897 bits per heavy atom. The quantitative estimate of drug-likeness (QED) is 0.0972. The van der Waals surface area contributed by atoms with Gasteiger partial charge in [-0.05, 0) is 38.5 Å². The largest absolute Gasteiger partial charge is 0.493 e. The van der Waals surface area contributed by atoms with Gasteiger partial charge in [0.2, 0.25) is 5.75 Å². The molecule has 1 atom stereocenters. The van der Waals surface area contributed by atoms with Crippen molar-refractivity contribution in [3.63, 3.8) is 0 Å². The zero-order chi connectivity index (χ0) is 28.5. The molecule has 0 aliphatic rings. The van der Waals surface area contributed by atoms with Crippen LogP contribution in [0.5, 0.6) is 11.5 Å². The van der Waals surface area contributed by atoms with E-state index in [-0.39, 0.29) is 19.0 Å². The lowest BCUT2D eigenvalue weighted by Crippen LogP contribution is -2.40. The van der Waals surface area contributed by atoms with Gasteiger partial charge in [0, 0.05) is 24.3 Å². The van der Waals surface area contributed by atoms with E-state index in [4.69, 9.17) is 18.6 Å². The van der Waals surface area contributed by atoms with Crippen LogP contribution in [-0.2, 0) is 9.53 Å². The van der Waals surface area contributed by atoms with Crippen molar-refractivity contribution in [1.82, 2.24) is 0 Å². The summed E-state index contributed by atoms with van der Waals surface area (Å²) in [6.45, 7) is 5.62. The molecular formula is C32H50O7. The van der Waals surface area contributed by atoms with Crippen LogP contribution < -0.4 is 15.1 Å². The molecule has 1 heterocycles. The van der Waals surface area contributed by atoms with Crippen LogP contribution in [0.2, 0.25) is 0 Å². The average molecular weight is 547 g/mol. The molecule has 7 nitrogen and oxygen atoms in total. The van der Waals surface area contributed by atoms with Crippen molar-refractivity contribution >= 4 is 16.9 Å². The number of carbonyl (C=O) groups is 1. The molecule has 2 rings (SSSR count). The Labute approximate surface area is 234 Å². The first-order chi connectivity index (χ1) is 18.8. The number of esters is 1. The van der Waals surface area contributed by atoms with Gasteiger partial charge in [0.1, 0.15) is 6.10 Å². The second-order valence-corrected chi connectivity index (χ2v) is 11.0. The number of hydrogen-bond acceptors (Lipinski definition) is 7. The predicted octanol–water partition coefficient (Wildman–Crippen LogP) is 7.73. The lowest BCUT2D eigenvalue weighted by atomic mass is 9.99. The number of hydrogen-bond donors (Lipinski definition) is 1. The highest BCUT2D eigenvalue weighted by atomic mass is 16.6. The van der Waals surface area contributed by atoms with Gasteiger partial charge in [-0.15, -0.1) is 0 Å².